The summed E-state index contributed by atoms with van der Waals surface area (Å²) in [5, 5.41) is 11.3. The highest BCUT2D eigenvalue weighted by Crippen LogP contribution is 2.26. The molecule has 2 N–H and O–H groups in total. The van der Waals surface area contributed by atoms with Gasteiger partial charge in [0.1, 0.15) is 0 Å². The summed E-state index contributed by atoms with van der Waals surface area (Å²) in [6.07, 6.45) is 14.7. The average Bonchev–Trinajstić information content (AvgIpc) is 3.01. The molecule has 1 atom stereocenters. The van der Waals surface area contributed by atoms with Crippen LogP contribution in [0, 0.1) is 11.3 Å². The van der Waals surface area contributed by atoms with E-state index in [0.717, 1.165) is 22.3 Å². The maximum absolute atomic E-state index is 12.1. The normalized spacial score (nSPS) is 14.8. The van der Waals surface area contributed by atoms with Gasteiger partial charge in [0.25, 0.3) is 0 Å². The molecule has 0 fully saturated rings. The van der Waals surface area contributed by atoms with Gasteiger partial charge in [-0.3, -0.25) is 9.59 Å². The summed E-state index contributed by atoms with van der Waals surface area (Å²) in [5.41, 5.74) is 3.99. The van der Waals surface area contributed by atoms with E-state index in [1.54, 1.807) is 0 Å². The molecule has 1 aliphatic carbocycles. The Labute approximate surface area is 202 Å². The summed E-state index contributed by atoms with van der Waals surface area (Å²) in [6.45, 7) is 10.3. The van der Waals surface area contributed by atoms with E-state index in [1.165, 1.54) is 0 Å². The van der Waals surface area contributed by atoms with E-state index in [9.17, 15) is 9.59 Å². The van der Waals surface area contributed by atoms with Gasteiger partial charge in [-0.2, -0.15) is 0 Å². The van der Waals surface area contributed by atoms with Crippen LogP contribution >= 0.6 is 0 Å². The van der Waals surface area contributed by atoms with Crippen molar-refractivity contribution in [3.63, 3.8) is 0 Å². The first-order valence-electron chi connectivity index (χ1n) is 11.7. The molecule has 34 heavy (non-hydrogen) atoms. The molecule has 0 bridgehead atoms. The van der Waals surface area contributed by atoms with E-state index in [1.807, 2.05) is 57.4 Å². The smallest absolute Gasteiger partial charge is 0.305 e. The second kappa shape index (κ2) is 12.6. The lowest BCUT2D eigenvalue weighted by atomic mass is 9.93. The van der Waals surface area contributed by atoms with Gasteiger partial charge in [0.05, 0.1) is 6.42 Å². The summed E-state index contributed by atoms with van der Waals surface area (Å²) >= 11 is 0. The molecule has 1 amide bonds. The first-order chi connectivity index (χ1) is 16.2. The molecule has 6 heteroatoms. The van der Waals surface area contributed by atoms with Gasteiger partial charge in [0, 0.05) is 41.4 Å². The van der Waals surface area contributed by atoms with Crippen LogP contribution in [-0.4, -0.2) is 33.5 Å². The third kappa shape index (κ3) is 8.10. The number of aromatic nitrogens is 2. The molecular formula is C28H35N3O3. The van der Waals surface area contributed by atoms with Gasteiger partial charge in [0.2, 0.25) is 5.91 Å². The van der Waals surface area contributed by atoms with Crippen LogP contribution in [0.2, 0.25) is 0 Å². The molecule has 1 aliphatic rings. The van der Waals surface area contributed by atoms with Crippen molar-refractivity contribution in [3.8, 4) is 11.4 Å². The van der Waals surface area contributed by atoms with Crippen molar-refractivity contribution in [2.24, 2.45) is 11.3 Å². The summed E-state index contributed by atoms with van der Waals surface area (Å²) in [7, 11) is 0. The Bertz CT molecular complexity index is 1050. The summed E-state index contributed by atoms with van der Waals surface area (Å²) in [5.74, 6) is -0.666. The number of nitrogens with one attached hydrogen (secondary N) is 1. The molecular weight excluding hydrogens is 426 g/mol. The van der Waals surface area contributed by atoms with Gasteiger partial charge in [-0.25, -0.2) is 9.97 Å². The van der Waals surface area contributed by atoms with E-state index >= 15 is 0 Å². The average molecular weight is 462 g/mol. The number of amides is 1. The molecule has 6 nitrogen and oxygen atoms in total. The van der Waals surface area contributed by atoms with Gasteiger partial charge in [0.15, 0.2) is 5.82 Å². The highest BCUT2D eigenvalue weighted by atomic mass is 16.4. The zero-order chi connectivity index (χ0) is 25.1. The van der Waals surface area contributed by atoms with Crippen LogP contribution < -0.4 is 5.32 Å². The van der Waals surface area contributed by atoms with Crippen LogP contribution in [0.15, 0.2) is 67.0 Å². The zero-order valence-electron chi connectivity index (χ0n) is 20.7. The highest BCUT2D eigenvalue weighted by molar-refractivity contribution is 5.79. The van der Waals surface area contributed by atoms with E-state index in [4.69, 9.17) is 5.11 Å². The van der Waals surface area contributed by atoms with Gasteiger partial charge in [-0.05, 0) is 17.6 Å². The number of allylic oxidation sites excluding steroid dienone is 6. The fourth-order valence-electron chi connectivity index (χ4n) is 3.34. The fraction of sp³-hybridized carbons (Fsp3) is 0.357. The second-order valence-electron chi connectivity index (χ2n) is 8.67. The summed E-state index contributed by atoms with van der Waals surface area (Å²) < 4.78 is 0. The molecule has 1 aromatic heterocycles. The Balaban J connectivity index is 0.00000199. The minimum absolute atomic E-state index is 0.0252. The lowest BCUT2D eigenvalue weighted by molar-refractivity contribution is -0.137. The van der Waals surface area contributed by atoms with E-state index in [2.05, 4.69) is 59.5 Å². The third-order valence-corrected chi connectivity index (χ3v) is 5.32. The van der Waals surface area contributed by atoms with Crippen molar-refractivity contribution in [1.29, 1.82) is 0 Å². The maximum Gasteiger partial charge on any atom is 0.305 e. The fourth-order valence-corrected chi connectivity index (χ4v) is 3.34. The number of rotatable bonds is 8. The van der Waals surface area contributed by atoms with Crippen molar-refractivity contribution in [2.75, 3.05) is 6.54 Å². The minimum atomic E-state index is -0.924. The number of carbonyl (C=O) groups excluding carboxylic acids is 1. The molecule has 0 spiro atoms. The predicted molar refractivity (Wildman–Crippen MR) is 137 cm³/mol. The monoisotopic (exact) mass is 461 g/mol. The lowest BCUT2D eigenvalue weighted by Gasteiger charge is -2.12. The van der Waals surface area contributed by atoms with Crippen LogP contribution in [0.4, 0.5) is 0 Å². The molecule has 0 saturated carbocycles. The van der Waals surface area contributed by atoms with Crippen molar-refractivity contribution in [1.82, 2.24) is 15.3 Å². The van der Waals surface area contributed by atoms with E-state index in [-0.39, 0.29) is 30.2 Å². The Morgan fingerprint density at radius 1 is 1.03 bits per heavy atom. The third-order valence-electron chi connectivity index (χ3n) is 5.32. The Morgan fingerprint density at radius 3 is 2.29 bits per heavy atom. The highest BCUT2D eigenvalue weighted by Gasteiger charge is 2.14. The minimum Gasteiger partial charge on any atom is -0.481 e. The lowest BCUT2D eigenvalue weighted by Crippen LogP contribution is -2.31. The zero-order valence-corrected chi connectivity index (χ0v) is 20.7. The molecule has 3 rings (SSSR count). The van der Waals surface area contributed by atoms with E-state index in [0.29, 0.717) is 12.2 Å². The largest absolute Gasteiger partial charge is 0.481 e. The van der Waals surface area contributed by atoms with Crippen molar-refractivity contribution in [3.05, 3.63) is 78.2 Å². The van der Waals surface area contributed by atoms with Crippen LogP contribution in [-0.2, 0) is 16.0 Å². The standard InChI is InChI=1S/C26H29N3O3.C2H6/c1-18(25(32)27-14-11-23(30)31)15-19-6-8-21(9-7-19)24-28-16-22(17-29-24)20-5-4-12-26(2,3)13-10-20;1-2/h4-10,12-13,16-18H,11,14-15H2,1-3H3,(H,27,32)(H,30,31);1-2H3. The van der Waals surface area contributed by atoms with Crippen molar-refractivity contribution < 1.29 is 14.7 Å². The number of benzene rings is 1. The molecule has 1 aromatic carbocycles. The van der Waals surface area contributed by atoms with Crippen LogP contribution in [0.25, 0.3) is 17.0 Å². The number of carboxylic acids is 1. The molecule has 0 aliphatic heterocycles. The predicted octanol–water partition coefficient (Wildman–Crippen LogP) is 5.47. The summed E-state index contributed by atoms with van der Waals surface area (Å²) in [4.78, 5) is 31.7. The molecule has 0 saturated heterocycles. The van der Waals surface area contributed by atoms with Crippen LogP contribution in [0.3, 0.4) is 0 Å². The number of aliphatic carboxylic acids is 1. The van der Waals surface area contributed by atoms with Crippen molar-refractivity contribution in [2.45, 2.75) is 47.5 Å². The Kier molecular flexibility index (Phi) is 9.92. The van der Waals surface area contributed by atoms with Crippen LogP contribution in [0.5, 0.6) is 0 Å². The molecule has 0 radical (unpaired) electrons. The molecule has 1 unspecified atom stereocenters. The number of carboxylic acid groups (broad SMARTS) is 1. The van der Waals surface area contributed by atoms with Gasteiger partial charge >= 0.3 is 5.97 Å². The molecule has 1 heterocycles. The van der Waals surface area contributed by atoms with Crippen molar-refractivity contribution >= 4 is 17.4 Å². The number of nitrogens with zero attached hydrogens (tertiary/aromatic N) is 2. The SMILES string of the molecule is CC.CC(Cc1ccc(-c2ncc(C3=CC=CC(C)(C)C=C3)cn2)cc1)C(=O)NCCC(=O)O. The summed E-state index contributed by atoms with van der Waals surface area (Å²) in [6, 6.07) is 7.85. The first-order valence-corrected chi connectivity index (χ1v) is 11.7. The van der Waals surface area contributed by atoms with Gasteiger partial charge in [-0.15, -0.1) is 0 Å². The van der Waals surface area contributed by atoms with E-state index < -0.39 is 5.97 Å². The Morgan fingerprint density at radius 2 is 1.68 bits per heavy atom. The van der Waals surface area contributed by atoms with Gasteiger partial charge < -0.3 is 10.4 Å². The van der Waals surface area contributed by atoms with Gasteiger partial charge in [-0.1, -0.05) is 89.3 Å². The number of carbonyl (C=O) groups is 2. The van der Waals surface area contributed by atoms with Crippen LogP contribution in [0.1, 0.15) is 52.2 Å². The first kappa shape index (κ1) is 26.7. The molecule has 2 aromatic rings. The Hall–Kier alpha value is -3.54. The second-order valence-corrected chi connectivity index (χ2v) is 8.67. The number of hydrogen-bond acceptors (Lipinski definition) is 4. The molecule has 180 valence electrons. The quantitative estimate of drug-likeness (QED) is 0.543. The topological polar surface area (TPSA) is 92.2 Å². The maximum atomic E-state index is 12.1. The number of hydrogen-bond donors (Lipinski definition) is 2.